The van der Waals surface area contributed by atoms with E-state index in [0.29, 0.717) is 52.6 Å². The summed E-state index contributed by atoms with van der Waals surface area (Å²) in [5.74, 6) is 1.87. The molecular formula is C36H46N4O6. The van der Waals surface area contributed by atoms with Gasteiger partial charge in [-0.2, -0.15) is 0 Å². The molecule has 2 bridgehead atoms. The number of amides is 3. The van der Waals surface area contributed by atoms with Gasteiger partial charge < -0.3 is 34.9 Å². The quantitative estimate of drug-likeness (QED) is 0.170. The molecule has 3 amide bonds. The van der Waals surface area contributed by atoms with Crippen LogP contribution in [0, 0.1) is 0 Å². The summed E-state index contributed by atoms with van der Waals surface area (Å²) < 4.78 is 23.7. The van der Waals surface area contributed by atoms with Gasteiger partial charge in [-0.15, -0.1) is 0 Å². The molecule has 0 aromatic heterocycles. The molecule has 10 nitrogen and oxygen atoms in total. The number of carbonyl (C=O) groups excluding carboxylic acids is 2. The maximum atomic E-state index is 13.5. The van der Waals surface area contributed by atoms with Gasteiger partial charge in [0.1, 0.15) is 11.5 Å². The summed E-state index contributed by atoms with van der Waals surface area (Å²) in [6.45, 7) is 5.54. The van der Waals surface area contributed by atoms with Crippen LogP contribution in [-0.4, -0.2) is 62.0 Å². The maximum Gasteiger partial charge on any atom is 0.319 e. The average molecular weight is 631 g/mol. The van der Waals surface area contributed by atoms with Crippen LogP contribution in [0.3, 0.4) is 0 Å². The Balaban J connectivity index is 1.22. The van der Waals surface area contributed by atoms with E-state index in [0.717, 1.165) is 45.1 Å². The first kappa shape index (κ1) is 33.1. The Morgan fingerprint density at radius 3 is 2.39 bits per heavy atom. The zero-order valence-corrected chi connectivity index (χ0v) is 27.3. The number of anilines is 2. The zero-order valence-electron chi connectivity index (χ0n) is 27.3. The number of nitrogens with zero attached hydrogens (tertiary/aromatic N) is 1. The highest BCUT2D eigenvalue weighted by Gasteiger charge is 2.50. The van der Waals surface area contributed by atoms with Crippen LogP contribution >= 0.6 is 0 Å². The summed E-state index contributed by atoms with van der Waals surface area (Å²) in [7, 11) is 3.27. The molecule has 3 N–H and O–H groups in total. The van der Waals surface area contributed by atoms with Crippen LogP contribution in [0.15, 0.2) is 66.7 Å². The lowest BCUT2D eigenvalue weighted by atomic mass is 9.99. The van der Waals surface area contributed by atoms with E-state index in [1.807, 2.05) is 32.0 Å². The van der Waals surface area contributed by atoms with Crippen molar-refractivity contribution in [3.8, 4) is 23.0 Å². The minimum atomic E-state index is -0.411. The van der Waals surface area contributed by atoms with Crippen LogP contribution in [0.5, 0.6) is 23.0 Å². The number of carbonyl (C=O) groups is 2. The van der Waals surface area contributed by atoms with E-state index in [1.54, 1.807) is 62.8 Å². The molecule has 2 unspecified atom stereocenters. The van der Waals surface area contributed by atoms with Crippen molar-refractivity contribution in [2.45, 2.75) is 76.6 Å². The van der Waals surface area contributed by atoms with Gasteiger partial charge in [0.15, 0.2) is 17.2 Å². The Morgan fingerprint density at radius 2 is 1.65 bits per heavy atom. The third kappa shape index (κ3) is 7.74. The Morgan fingerprint density at radius 1 is 0.891 bits per heavy atom. The number of nitrogens with one attached hydrogen (secondary N) is 3. The van der Waals surface area contributed by atoms with Crippen molar-refractivity contribution in [3.05, 3.63) is 72.3 Å². The monoisotopic (exact) mass is 630 g/mol. The molecule has 10 heteroatoms. The van der Waals surface area contributed by atoms with Crippen LogP contribution in [0.2, 0.25) is 0 Å². The molecule has 3 aromatic carbocycles. The number of rotatable bonds is 14. The van der Waals surface area contributed by atoms with Gasteiger partial charge in [0, 0.05) is 56.0 Å². The highest BCUT2D eigenvalue weighted by molar-refractivity contribution is 6.06. The summed E-state index contributed by atoms with van der Waals surface area (Å²) >= 11 is 0. The molecule has 2 aliphatic heterocycles. The molecule has 2 aliphatic rings. The summed E-state index contributed by atoms with van der Waals surface area (Å²) in [5.41, 5.74) is 1.30. The first-order valence-corrected chi connectivity index (χ1v) is 16.3. The number of ether oxygens (including phenoxy) is 4. The SMILES string of the molecule is CCC(CC)NC(=O)Nc1ccc(Oc2ccc(NC(=O)c3ccccc3OC34CCCC(CC3)N4CCOC)cc2)c(OC)c1. The van der Waals surface area contributed by atoms with E-state index >= 15 is 0 Å². The lowest BCUT2D eigenvalue weighted by Gasteiger charge is -2.44. The van der Waals surface area contributed by atoms with E-state index in [1.165, 1.54) is 6.42 Å². The van der Waals surface area contributed by atoms with E-state index in [4.69, 9.17) is 18.9 Å². The van der Waals surface area contributed by atoms with Crippen LogP contribution in [0.4, 0.5) is 16.2 Å². The number of hydrogen-bond acceptors (Lipinski definition) is 7. The Hall–Kier alpha value is -4.28. The van der Waals surface area contributed by atoms with Gasteiger partial charge in [-0.1, -0.05) is 26.0 Å². The number of fused-ring (bicyclic) bond motifs is 2. The van der Waals surface area contributed by atoms with E-state index in [9.17, 15) is 9.59 Å². The molecule has 46 heavy (non-hydrogen) atoms. The predicted molar refractivity (Wildman–Crippen MR) is 179 cm³/mol. The summed E-state index contributed by atoms with van der Waals surface area (Å²) in [6.07, 6.45) is 6.97. The van der Waals surface area contributed by atoms with Crippen LogP contribution in [-0.2, 0) is 4.74 Å². The fourth-order valence-corrected chi connectivity index (χ4v) is 6.50. The van der Waals surface area contributed by atoms with E-state index in [-0.39, 0.29) is 18.0 Å². The van der Waals surface area contributed by atoms with Gasteiger partial charge in [-0.05, 0) is 80.6 Å². The van der Waals surface area contributed by atoms with Gasteiger partial charge in [0.05, 0.1) is 19.3 Å². The third-order valence-electron chi connectivity index (χ3n) is 8.99. The number of urea groups is 1. The molecule has 2 saturated heterocycles. The van der Waals surface area contributed by atoms with Gasteiger partial charge in [0.2, 0.25) is 0 Å². The van der Waals surface area contributed by atoms with Crippen LogP contribution in [0.1, 0.15) is 69.2 Å². The fraction of sp³-hybridized carbons (Fsp3) is 0.444. The molecule has 0 spiro atoms. The first-order valence-electron chi connectivity index (χ1n) is 16.3. The van der Waals surface area contributed by atoms with Crippen LogP contribution in [0.25, 0.3) is 0 Å². The molecule has 2 heterocycles. The average Bonchev–Trinajstić information content (AvgIpc) is 3.25. The summed E-state index contributed by atoms with van der Waals surface area (Å²) in [4.78, 5) is 28.3. The van der Waals surface area contributed by atoms with Crippen LogP contribution < -0.4 is 30.2 Å². The molecule has 3 aromatic rings. The number of para-hydroxylation sites is 1. The highest BCUT2D eigenvalue weighted by Crippen LogP contribution is 2.45. The molecule has 246 valence electrons. The van der Waals surface area contributed by atoms with Gasteiger partial charge in [0.25, 0.3) is 5.91 Å². The lowest BCUT2D eigenvalue weighted by Crippen LogP contribution is -2.55. The third-order valence-corrected chi connectivity index (χ3v) is 8.99. The first-order chi connectivity index (χ1) is 22.4. The number of hydrogen-bond donors (Lipinski definition) is 3. The topological polar surface area (TPSA) is 110 Å². The largest absolute Gasteiger partial charge is 0.493 e. The smallest absolute Gasteiger partial charge is 0.319 e. The Labute approximate surface area is 271 Å². The molecule has 0 radical (unpaired) electrons. The molecular weight excluding hydrogens is 584 g/mol. The van der Waals surface area contributed by atoms with Gasteiger partial charge >= 0.3 is 6.03 Å². The summed E-state index contributed by atoms with van der Waals surface area (Å²) in [6, 6.07) is 20.1. The number of benzene rings is 3. The summed E-state index contributed by atoms with van der Waals surface area (Å²) in [5, 5.41) is 8.81. The van der Waals surface area contributed by atoms with Gasteiger partial charge in [-0.25, -0.2) is 4.79 Å². The van der Waals surface area contributed by atoms with Crippen molar-refractivity contribution < 1.29 is 28.5 Å². The van der Waals surface area contributed by atoms with Crippen molar-refractivity contribution in [3.63, 3.8) is 0 Å². The fourth-order valence-electron chi connectivity index (χ4n) is 6.50. The maximum absolute atomic E-state index is 13.5. The second kappa shape index (κ2) is 15.3. The lowest BCUT2D eigenvalue weighted by molar-refractivity contribution is -0.104. The molecule has 0 aliphatic carbocycles. The van der Waals surface area contributed by atoms with Crippen molar-refractivity contribution >= 4 is 23.3 Å². The molecule has 5 rings (SSSR count). The van der Waals surface area contributed by atoms with Gasteiger partial charge in [-0.3, -0.25) is 9.69 Å². The minimum Gasteiger partial charge on any atom is -0.493 e. The van der Waals surface area contributed by atoms with E-state index in [2.05, 4.69) is 20.9 Å². The molecule has 0 saturated carbocycles. The standard InChI is InChI=1S/C36H46N4O6/c1-5-25(6-2)38-35(42)39-27-15-18-32(33(24-27)44-4)45-29-16-13-26(14-17-29)37-34(41)30-11-7-8-12-31(30)46-36-20-9-10-28(19-21-36)40(36)22-23-43-3/h7-8,11-18,24-25,28H,5-6,9-10,19-23H2,1-4H3,(H,37,41)(H2,38,39,42). The van der Waals surface area contributed by atoms with Crippen molar-refractivity contribution in [1.82, 2.24) is 10.2 Å². The number of methoxy groups -OCH3 is 2. The normalized spacial score (nSPS) is 19.0. The van der Waals surface area contributed by atoms with E-state index < -0.39 is 5.72 Å². The molecule has 2 atom stereocenters. The predicted octanol–water partition coefficient (Wildman–Crippen LogP) is 7.42. The Bertz CT molecular complexity index is 1470. The van der Waals surface area contributed by atoms with Crippen molar-refractivity contribution in [1.29, 1.82) is 0 Å². The second-order valence-corrected chi connectivity index (χ2v) is 11.9. The zero-order chi connectivity index (χ0) is 32.5. The van der Waals surface area contributed by atoms with Crippen molar-refractivity contribution in [2.75, 3.05) is 38.0 Å². The highest BCUT2D eigenvalue weighted by atomic mass is 16.5. The second-order valence-electron chi connectivity index (χ2n) is 11.9. The molecule has 2 fully saturated rings. The Kier molecular flexibility index (Phi) is 11.0. The van der Waals surface area contributed by atoms with Crippen molar-refractivity contribution in [2.24, 2.45) is 0 Å². The number of piperidine rings is 1. The minimum absolute atomic E-state index is 0.119.